The van der Waals surface area contributed by atoms with Gasteiger partial charge in [-0.1, -0.05) is 13.8 Å². The van der Waals surface area contributed by atoms with Crippen LogP contribution in [0.25, 0.3) is 0 Å². The van der Waals surface area contributed by atoms with E-state index in [1.165, 1.54) is 0 Å². The lowest BCUT2D eigenvalue weighted by Gasteiger charge is -2.17. The zero-order chi connectivity index (χ0) is 15.1. The summed E-state index contributed by atoms with van der Waals surface area (Å²) in [4.78, 5) is 12.8. The highest BCUT2D eigenvalue weighted by Gasteiger charge is 2.26. The van der Waals surface area contributed by atoms with Crippen LogP contribution in [0.5, 0.6) is 6.01 Å². The summed E-state index contributed by atoms with van der Waals surface area (Å²) in [6.45, 7) is 6.45. The molecule has 2 heterocycles. The Kier molecular flexibility index (Phi) is 5.98. The highest BCUT2D eigenvalue weighted by atomic mass is 16.5. The van der Waals surface area contributed by atoms with Crippen LogP contribution in [-0.4, -0.2) is 47.9 Å². The van der Waals surface area contributed by atoms with Gasteiger partial charge >= 0.3 is 6.01 Å². The van der Waals surface area contributed by atoms with Crippen LogP contribution >= 0.6 is 0 Å². The summed E-state index contributed by atoms with van der Waals surface area (Å²) in [6, 6.07) is 0.355. The SMILES string of the molecule is CCCOc1nc(NC)nc(NCC2CCOC2CC)n1. The van der Waals surface area contributed by atoms with Crippen molar-refractivity contribution in [2.45, 2.75) is 39.2 Å². The molecule has 7 heteroatoms. The van der Waals surface area contributed by atoms with E-state index >= 15 is 0 Å². The van der Waals surface area contributed by atoms with Crippen molar-refractivity contribution in [1.29, 1.82) is 0 Å². The second kappa shape index (κ2) is 7.97. The Morgan fingerprint density at radius 2 is 2.05 bits per heavy atom. The quantitative estimate of drug-likeness (QED) is 0.758. The van der Waals surface area contributed by atoms with Gasteiger partial charge in [-0.2, -0.15) is 15.0 Å². The molecule has 1 aromatic heterocycles. The smallest absolute Gasteiger partial charge is 0.323 e. The molecule has 2 rings (SSSR count). The standard InChI is InChI=1S/C14H25N5O2/c1-4-7-21-14-18-12(15-3)17-13(19-14)16-9-10-6-8-20-11(10)5-2/h10-11H,4-9H2,1-3H3,(H2,15,16,17,18,19). The van der Waals surface area contributed by atoms with Gasteiger partial charge in [-0.05, 0) is 19.3 Å². The van der Waals surface area contributed by atoms with Crippen LogP contribution in [0, 0.1) is 5.92 Å². The van der Waals surface area contributed by atoms with Gasteiger partial charge in [0.1, 0.15) is 0 Å². The van der Waals surface area contributed by atoms with Crippen LogP contribution in [0.2, 0.25) is 0 Å². The summed E-state index contributed by atoms with van der Waals surface area (Å²) >= 11 is 0. The number of nitrogens with one attached hydrogen (secondary N) is 2. The molecule has 7 nitrogen and oxygen atoms in total. The maximum absolute atomic E-state index is 5.69. The van der Waals surface area contributed by atoms with E-state index in [1.54, 1.807) is 7.05 Å². The van der Waals surface area contributed by atoms with Crippen LogP contribution in [0.4, 0.5) is 11.9 Å². The third kappa shape index (κ3) is 4.42. The van der Waals surface area contributed by atoms with E-state index in [9.17, 15) is 0 Å². The Morgan fingerprint density at radius 1 is 1.24 bits per heavy atom. The molecule has 0 amide bonds. The van der Waals surface area contributed by atoms with Gasteiger partial charge in [0.05, 0.1) is 12.7 Å². The minimum atomic E-state index is 0.332. The van der Waals surface area contributed by atoms with Crippen molar-refractivity contribution in [3.05, 3.63) is 0 Å². The minimum Gasteiger partial charge on any atom is -0.463 e. The average Bonchev–Trinajstić information content (AvgIpc) is 2.98. The molecular formula is C14H25N5O2. The first-order valence-electron chi connectivity index (χ1n) is 7.68. The molecule has 1 aliphatic rings. The topological polar surface area (TPSA) is 81.2 Å². The fourth-order valence-electron chi connectivity index (χ4n) is 2.41. The van der Waals surface area contributed by atoms with Crippen molar-refractivity contribution < 1.29 is 9.47 Å². The lowest BCUT2D eigenvalue weighted by molar-refractivity contribution is 0.0900. The van der Waals surface area contributed by atoms with E-state index in [4.69, 9.17) is 9.47 Å². The number of ether oxygens (including phenoxy) is 2. The van der Waals surface area contributed by atoms with Crippen molar-refractivity contribution in [2.24, 2.45) is 5.92 Å². The number of hydrogen-bond donors (Lipinski definition) is 2. The molecule has 0 spiro atoms. The number of aromatic nitrogens is 3. The zero-order valence-electron chi connectivity index (χ0n) is 13.1. The molecule has 21 heavy (non-hydrogen) atoms. The molecular weight excluding hydrogens is 270 g/mol. The lowest BCUT2D eigenvalue weighted by Crippen LogP contribution is -2.23. The van der Waals surface area contributed by atoms with Crippen LogP contribution in [0.1, 0.15) is 33.1 Å². The number of rotatable bonds is 8. The van der Waals surface area contributed by atoms with E-state index in [-0.39, 0.29) is 0 Å². The molecule has 0 aliphatic carbocycles. The van der Waals surface area contributed by atoms with Gasteiger partial charge in [0.15, 0.2) is 0 Å². The summed E-state index contributed by atoms with van der Waals surface area (Å²) in [6.07, 6.45) is 3.37. The van der Waals surface area contributed by atoms with Crippen molar-refractivity contribution >= 4 is 11.9 Å². The fraction of sp³-hybridized carbons (Fsp3) is 0.786. The van der Waals surface area contributed by atoms with Gasteiger partial charge in [0.2, 0.25) is 11.9 Å². The zero-order valence-corrected chi connectivity index (χ0v) is 13.1. The van der Waals surface area contributed by atoms with E-state index in [0.29, 0.717) is 36.5 Å². The number of anilines is 2. The Balaban J connectivity index is 1.97. The maximum Gasteiger partial charge on any atom is 0.323 e. The molecule has 0 saturated carbocycles. The van der Waals surface area contributed by atoms with Crippen LogP contribution in [0.3, 0.4) is 0 Å². The summed E-state index contributed by atoms with van der Waals surface area (Å²) in [7, 11) is 1.78. The predicted molar refractivity (Wildman–Crippen MR) is 81.8 cm³/mol. The van der Waals surface area contributed by atoms with Gasteiger partial charge < -0.3 is 20.1 Å². The minimum absolute atomic E-state index is 0.332. The summed E-state index contributed by atoms with van der Waals surface area (Å²) in [5.74, 6) is 1.56. The maximum atomic E-state index is 5.69. The average molecular weight is 295 g/mol. The molecule has 118 valence electrons. The van der Waals surface area contributed by atoms with Crippen molar-refractivity contribution in [1.82, 2.24) is 15.0 Å². The molecule has 2 atom stereocenters. The summed E-state index contributed by atoms with van der Waals surface area (Å²) < 4.78 is 11.2. The van der Waals surface area contributed by atoms with E-state index < -0.39 is 0 Å². The first-order chi connectivity index (χ1) is 10.3. The Bertz CT molecular complexity index is 443. The Hall–Kier alpha value is -1.63. The van der Waals surface area contributed by atoms with Gasteiger partial charge in [-0.15, -0.1) is 0 Å². The van der Waals surface area contributed by atoms with Gasteiger partial charge in [0, 0.05) is 26.1 Å². The molecule has 2 unspecified atom stereocenters. The largest absolute Gasteiger partial charge is 0.463 e. The second-order valence-electron chi connectivity index (χ2n) is 5.11. The first kappa shape index (κ1) is 15.8. The highest BCUT2D eigenvalue weighted by molar-refractivity contribution is 5.35. The third-order valence-corrected chi connectivity index (χ3v) is 3.54. The van der Waals surface area contributed by atoms with E-state index in [0.717, 1.165) is 32.4 Å². The third-order valence-electron chi connectivity index (χ3n) is 3.54. The predicted octanol–water partition coefficient (Wildman–Crippen LogP) is 1.93. The van der Waals surface area contributed by atoms with Crippen LogP contribution in [0.15, 0.2) is 0 Å². The first-order valence-corrected chi connectivity index (χ1v) is 7.68. The van der Waals surface area contributed by atoms with Gasteiger partial charge in [-0.25, -0.2) is 0 Å². The normalized spacial score (nSPS) is 21.3. The lowest BCUT2D eigenvalue weighted by atomic mass is 10.00. The molecule has 2 N–H and O–H groups in total. The Morgan fingerprint density at radius 3 is 2.76 bits per heavy atom. The molecule has 1 aliphatic heterocycles. The highest BCUT2D eigenvalue weighted by Crippen LogP contribution is 2.23. The van der Waals surface area contributed by atoms with E-state index in [2.05, 4.69) is 32.5 Å². The van der Waals surface area contributed by atoms with Gasteiger partial charge in [0.25, 0.3) is 0 Å². The molecule has 0 radical (unpaired) electrons. The fourth-order valence-corrected chi connectivity index (χ4v) is 2.41. The van der Waals surface area contributed by atoms with Crippen LogP contribution in [-0.2, 0) is 4.74 Å². The van der Waals surface area contributed by atoms with E-state index in [1.807, 2.05) is 6.92 Å². The van der Waals surface area contributed by atoms with Crippen molar-refractivity contribution in [2.75, 3.05) is 37.4 Å². The second-order valence-corrected chi connectivity index (χ2v) is 5.11. The molecule has 0 bridgehead atoms. The molecule has 1 aromatic rings. The number of hydrogen-bond acceptors (Lipinski definition) is 7. The van der Waals surface area contributed by atoms with Crippen molar-refractivity contribution in [3.63, 3.8) is 0 Å². The summed E-state index contributed by atoms with van der Waals surface area (Å²) in [5.41, 5.74) is 0. The monoisotopic (exact) mass is 295 g/mol. The molecule has 1 saturated heterocycles. The van der Waals surface area contributed by atoms with Crippen LogP contribution < -0.4 is 15.4 Å². The Labute approximate surface area is 125 Å². The number of nitrogens with zero attached hydrogens (tertiary/aromatic N) is 3. The molecule has 0 aromatic carbocycles. The molecule has 1 fully saturated rings. The summed E-state index contributed by atoms with van der Waals surface area (Å²) in [5, 5.41) is 6.21. The van der Waals surface area contributed by atoms with Crippen molar-refractivity contribution in [3.8, 4) is 6.01 Å². The van der Waals surface area contributed by atoms with Gasteiger partial charge in [-0.3, -0.25) is 0 Å².